The largest absolute Gasteiger partial charge is 0.482 e. The Kier molecular flexibility index (Phi) is 5.39. The quantitative estimate of drug-likeness (QED) is 0.333. The average molecular weight is 403 g/mol. The van der Waals surface area contributed by atoms with Crippen LogP contribution in [-0.2, 0) is 16.1 Å². The molecule has 6 heteroatoms. The fraction of sp³-hybridized carbons (Fsp3) is 0.167. The lowest BCUT2D eigenvalue weighted by Crippen LogP contribution is -2.14. The number of ether oxygens (including phenoxy) is 3. The first kappa shape index (κ1) is 19.5. The molecule has 0 atom stereocenters. The van der Waals surface area contributed by atoms with E-state index in [9.17, 15) is 9.59 Å². The second-order valence-corrected chi connectivity index (χ2v) is 6.75. The van der Waals surface area contributed by atoms with Gasteiger partial charge < -0.3 is 18.8 Å². The van der Waals surface area contributed by atoms with Crippen molar-refractivity contribution < 1.29 is 23.8 Å². The molecule has 0 radical (unpaired) electrons. The number of rotatable bonds is 7. The number of aromatic nitrogens is 1. The number of aryl methyl sites for hydroxylation is 1. The summed E-state index contributed by atoms with van der Waals surface area (Å²) in [7, 11) is 0. The van der Waals surface area contributed by atoms with Crippen molar-refractivity contribution in [2.75, 3.05) is 13.2 Å². The zero-order valence-electron chi connectivity index (χ0n) is 16.6. The van der Waals surface area contributed by atoms with E-state index in [1.165, 1.54) is 6.08 Å². The lowest BCUT2D eigenvalue weighted by molar-refractivity contribution is -0.144. The van der Waals surface area contributed by atoms with E-state index in [4.69, 9.17) is 14.2 Å². The molecule has 0 aliphatic carbocycles. The van der Waals surface area contributed by atoms with Crippen LogP contribution in [0.3, 0.4) is 0 Å². The Morgan fingerprint density at radius 2 is 2.07 bits per heavy atom. The van der Waals surface area contributed by atoms with Gasteiger partial charge in [-0.1, -0.05) is 30.9 Å². The van der Waals surface area contributed by atoms with E-state index < -0.39 is 5.97 Å². The number of hydrogen-bond donors (Lipinski definition) is 0. The van der Waals surface area contributed by atoms with Gasteiger partial charge in [-0.05, 0) is 31.2 Å². The van der Waals surface area contributed by atoms with E-state index in [-0.39, 0.29) is 24.8 Å². The van der Waals surface area contributed by atoms with Crippen LogP contribution in [0.2, 0.25) is 0 Å². The van der Waals surface area contributed by atoms with Gasteiger partial charge in [-0.15, -0.1) is 0 Å². The zero-order chi connectivity index (χ0) is 21.1. The Morgan fingerprint density at radius 3 is 2.87 bits per heavy atom. The lowest BCUT2D eigenvalue weighted by atomic mass is 10.1. The van der Waals surface area contributed by atoms with E-state index in [2.05, 4.69) is 24.1 Å². The zero-order valence-corrected chi connectivity index (χ0v) is 16.6. The first-order chi connectivity index (χ1) is 14.6. The molecule has 6 nitrogen and oxygen atoms in total. The van der Waals surface area contributed by atoms with Crippen molar-refractivity contribution in [2.24, 2.45) is 0 Å². The highest BCUT2D eigenvalue weighted by Gasteiger charge is 2.28. The van der Waals surface area contributed by atoms with Crippen LogP contribution in [0.25, 0.3) is 17.0 Å². The van der Waals surface area contributed by atoms with Crippen LogP contribution in [-0.4, -0.2) is 29.5 Å². The van der Waals surface area contributed by atoms with E-state index in [0.29, 0.717) is 17.1 Å². The summed E-state index contributed by atoms with van der Waals surface area (Å²) >= 11 is 0. The molecule has 2 heterocycles. The summed E-state index contributed by atoms with van der Waals surface area (Å²) in [6.07, 6.45) is 5.27. The molecule has 2 aromatic carbocycles. The number of esters is 1. The molecule has 0 saturated heterocycles. The Labute approximate surface area is 174 Å². The van der Waals surface area contributed by atoms with Gasteiger partial charge in [0.05, 0.1) is 5.56 Å². The Balaban J connectivity index is 1.55. The molecule has 1 aromatic heterocycles. The minimum Gasteiger partial charge on any atom is -0.482 e. The number of fused-ring (bicyclic) bond motifs is 2. The number of carbonyl (C=O) groups excluding carboxylic acids is 2. The lowest BCUT2D eigenvalue weighted by Gasteiger charge is -2.06. The Bertz CT molecular complexity index is 1170. The maximum atomic E-state index is 12.8. The molecule has 0 N–H and O–H groups in total. The fourth-order valence-electron chi connectivity index (χ4n) is 3.39. The molecule has 0 amide bonds. The van der Waals surface area contributed by atoms with Gasteiger partial charge in [-0.25, -0.2) is 4.79 Å². The second-order valence-electron chi connectivity index (χ2n) is 6.75. The molecule has 3 aromatic rings. The third-order valence-electron chi connectivity index (χ3n) is 4.81. The third-order valence-corrected chi connectivity index (χ3v) is 4.81. The highest BCUT2D eigenvalue weighted by atomic mass is 16.6. The summed E-state index contributed by atoms with van der Waals surface area (Å²) in [5.74, 6) is 0.394. The highest BCUT2D eigenvalue weighted by molar-refractivity contribution is 6.15. The van der Waals surface area contributed by atoms with Crippen molar-refractivity contribution in [3.8, 4) is 11.5 Å². The number of allylic oxidation sites excluding steroid dienone is 1. The summed E-state index contributed by atoms with van der Waals surface area (Å²) in [6.45, 7) is 6.28. The molecule has 1 aliphatic rings. The van der Waals surface area contributed by atoms with Crippen LogP contribution in [0.15, 0.2) is 67.1 Å². The van der Waals surface area contributed by atoms with Crippen molar-refractivity contribution in [2.45, 2.75) is 13.5 Å². The third kappa shape index (κ3) is 3.72. The maximum absolute atomic E-state index is 12.8. The smallest absolute Gasteiger partial charge is 0.344 e. The van der Waals surface area contributed by atoms with Crippen LogP contribution in [0.1, 0.15) is 22.8 Å². The van der Waals surface area contributed by atoms with Gasteiger partial charge in [0.25, 0.3) is 0 Å². The molecule has 30 heavy (non-hydrogen) atoms. The molecule has 0 saturated carbocycles. The predicted octanol–water partition coefficient (Wildman–Crippen LogP) is 4.39. The van der Waals surface area contributed by atoms with Crippen LogP contribution >= 0.6 is 0 Å². The molecular formula is C24H21NO5. The van der Waals surface area contributed by atoms with Gasteiger partial charge >= 0.3 is 5.97 Å². The standard InChI is InChI=1S/C24H21NO5/c1-3-11-28-23(26)15-29-17-9-10-19-21(13-17)30-22(24(19)27)12-16-14-25(4-2)20-8-6-5-7-18(16)20/h3,5-10,12-14H,1,4,11,15H2,2H3/b22-12-. The Morgan fingerprint density at radius 1 is 1.23 bits per heavy atom. The van der Waals surface area contributed by atoms with Crippen molar-refractivity contribution in [3.63, 3.8) is 0 Å². The summed E-state index contributed by atoms with van der Waals surface area (Å²) in [5, 5.41) is 1.06. The first-order valence-electron chi connectivity index (χ1n) is 9.66. The number of benzene rings is 2. The minimum atomic E-state index is -0.500. The molecule has 0 spiro atoms. The van der Waals surface area contributed by atoms with Crippen molar-refractivity contribution >= 4 is 28.7 Å². The van der Waals surface area contributed by atoms with Crippen LogP contribution in [0, 0.1) is 0 Å². The van der Waals surface area contributed by atoms with Crippen molar-refractivity contribution in [3.05, 3.63) is 78.2 Å². The molecule has 1 aliphatic heterocycles. The summed E-state index contributed by atoms with van der Waals surface area (Å²) in [4.78, 5) is 24.3. The summed E-state index contributed by atoms with van der Waals surface area (Å²) in [6, 6.07) is 12.9. The SMILES string of the molecule is C=CCOC(=O)COc1ccc2c(c1)O/C(=C\c1cn(CC)c3ccccc13)C2=O. The normalized spacial score (nSPS) is 13.9. The maximum Gasteiger partial charge on any atom is 0.344 e. The van der Waals surface area contributed by atoms with Gasteiger partial charge in [0.2, 0.25) is 5.78 Å². The number of carbonyl (C=O) groups is 2. The number of hydrogen-bond acceptors (Lipinski definition) is 5. The molecular weight excluding hydrogens is 382 g/mol. The topological polar surface area (TPSA) is 66.8 Å². The van der Waals surface area contributed by atoms with E-state index in [1.54, 1.807) is 24.3 Å². The van der Waals surface area contributed by atoms with Crippen LogP contribution in [0.4, 0.5) is 0 Å². The monoisotopic (exact) mass is 403 g/mol. The minimum absolute atomic E-state index is 0.132. The molecule has 0 unspecified atom stereocenters. The number of nitrogens with zero attached hydrogens (tertiary/aromatic N) is 1. The summed E-state index contributed by atoms with van der Waals surface area (Å²) in [5.41, 5.74) is 2.49. The summed E-state index contributed by atoms with van der Waals surface area (Å²) < 4.78 is 18.3. The molecule has 152 valence electrons. The first-order valence-corrected chi connectivity index (χ1v) is 9.66. The van der Waals surface area contributed by atoms with E-state index in [0.717, 1.165) is 23.0 Å². The van der Waals surface area contributed by atoms with Crippen LogP contribution in [0.5, 0.6) is 11.5 Å². The van der Waals surface area contributed by atoms with Crippen LogP contribution < -0.4 is 9.47 Å². The Hall–Kier alpha value is -3.80. The molecule has 0 fully saturated rings. The fourth-order valence-corrected chi connectivity index (χ4v) is 3.39. The number of para-hydroxylation sites is 1. The van der Waals surface area contributed by atoms with E-state index in [1.807, 2.05) is 24.4 Å². The van der Waals surface area contributed by atoms with Gasteiger partial charge in [0, 0.05) is 35.3 Å². The van der Waals surface area contributed by atoms with Crippen molar-refractivity contribution in [1.29, 1.82) is 0 Å². The van der Waals surface area contributed by atoms with Gasteiger partial charge in [0.1, 0.15) is 18.1 Å². The highest BCUT2D eigenvalue weighted by Crippen LogP contribution is 2.35. The van der Waals surface area contributed by atoms with E-state index >= 15 is 0 Å². The number of ketones is 1. The predicted molar refractivity (Wildman–Crippen MR) is 114 cm³/mol. The van der Waals surface area contributed by atoms with Crippen molar-refractivity contribution in [1.82, 2.24) is 4.57 Å². The van der Waals surface area contributed by atoms with Gasteiger partial charge in [0.15, 0.2) is 12.4 Å². The van der Waals surface area contributed by atoms with Gasteiger partial charge in [-0.2, -0.15) is 0 Å². The average Bonchev–Trinajstić information content (AvgIpc) is 3.28. The second kappa shape index (κ2) is 8.29. The molecule has 0 bridgehead atoms. The molecule has 4 rings (SSSR count). The number of Topliss-reactive ketones (excluding diaryl/α,β-unsaturated/α-hetero) is 1. The van der Waals surface area contributed by atoms with Gasteiger partial charge in [-0.3, -0.25) is 4.79 Å².